The number of nitrogen functional groups attached to an aromatic ring is 1. The fraction of sp³-hybridized carbons (Fsp3) is 0.231. The van der Waals surface area contributed by atoms with Gasteiger partial charge in [-0.3, -0.25) is 4.57 Å². The van der Waals surface area contributed by atoms with Crippen LogP contribution in [0.3, 0.4) is 0 Å². The smallest absolute Gasteiger partial charge is 0.360 e. The number of benzene rings is 1. The number of carbonyl (C=O) groups excluding carboxylic acids is 1. The van der Waals surface area contributed by atoms with E-state index in [1.54, 1.807) is 24.7 Å². The molecular weight excluding hydrogens is 326 g/mol. The Labute approximate surface area is 124 Å². The predicted molar refractivity (Wildman–Crippen MR) is 78.3 cm³/mol. The van der Waals surface area contributed by atoms with Gasteiger partial charge in [0.05, 0.1) is 19.9 Å². The van der Waals surface area contributed by atoms with Gasteiger partial charge in [-0.05, 0) is 35.0 Å². The summed E-state index contributed by atoms with van der Waals surface area (Å²) in [5.74, 6) is 0.916. The molecule has 0 unspecified atom stereocenters. The van der Waals surface area contributed by atoms with E-state index in [0.717, 1.165) is 10.2 Å². The van der Waals surface area contributed by atoms with Crippen molar-refractivity contribution in [1.82, 2.24) is 9.55 Å². The maximum absolute atomic E-state index is 11.6. The second-order valence-electron chi connectivity index (χ2n) is 4.04. The summed E-state index contributed by atoms with van der Waals surface area (Å²) in [6.07, 6.45) is 0. The standard InChI is InChI=1S/C13H14BrN3O3/c1-7-16-11(13(18)20-3)12(15)17(7)10-6-8(19-2)4-5-9(10)14/h4-6H,15H2,1-3H3. The van der Waals surface area contributed by atoms with Gasteiger partial charge in [-0.25, -0.2) is 9.78 Å². The average molecular weight is 340 g/mol. The van der Waals surface area contributed by atoms with E-state index in [1.807, 2.05) is 12.1 Å². The molecular formula is C13H14BrN3O3. The van der Waals surface area contributed by atoms with Crippen LogP contribution in [-0.2, 0) is 4.74 Å². The number of ether oxygens (including phenoxy) is 2. The molecule has 0 bridgehead atoms. The molecule has 0 atom stereocenters. The molecule has 2 rings (SSSR count). The van der Waals surface area contributed by atoms with E-state index in [2.05, 4.69) is 25.7 Å². The Hall–Kier alpha value is -2.02. The molecule has 0 spiro atoms. The zero-order valence-electron chi connectivity index (χ0n) is 11.3. The monoisotopic (exact) mass is 339 g/mol. The van der Waals surface area contributed by atoms with E-state index in [9.17, 15) is 4.79 Å². The van der Waals surface area contributed by atoms with Crippen molar-refractivity contribution in [2.45, 2.75) is 6.92 Å². The number of anilines is 1. The Morgan fingerprint density at radius 2 is 2.10 bits per heavy atom. The molecule has 7 heteroatoms. The zero-order chi connectivity index (χ0) is 14.9. The fourth-order valence-corrected chi connectivity index (χ4v) is 2.32. The van der Waals surface area contributed by atoms with Gasteiger partial charge in [0, 0.05) is 10.5 Å². The van der Waals surface area contributed by atoms with Crippen LogP contribution in [0.2, 0.25) is 0 Å². The predicted octanol–water partition coefficient (Wildman–Crippen LogP) is 2.32. The van der Waals surface area contributed by atoms with Crippen LogP contribution in [0, 0.1) is 6.92 Å². The van der Waals surface area contributed by atoms with Crippen LogP contribution in [-0.4, -0.2) is 29.7 Å². The van der Waals surface area contributed by atoms with Crippen molar-refractivity contribution in [3.05, 3.63) is 34.2 Å². The van der Waals surface area contributed by atoms with Crippen LogP contribution in [0.4, 0.5) is 5.82 Å². The normalized spacial score (nSPS) is 10.4. The van der Waals surface area contributed by atoms with Gasteiger partial charge in [-0.1, -0.05) is 0 Å². The average Bonchev–Trinajstić information content (AvgIpc) is 2.74. The highest BCUT2D eigenvalue weighted by atomic mass is 79.9. The number of halogens is 1. The van der Waals surface area contributed by atoms with E-state index in [0.29, 0.717) is 11.6 Å². The first-order chi connectivity index (χ1) is 9.49. The van der Waals surface area contributed by atoms with Crippen LogP contribution in [0.15, 0.2) is 22.7 Å². The molecule has 0 amide bonds. The van der Waals surface area contributed by atoms with E-state index < -0.39 is 5.97 Å². The van der Waals surface area contributed by atoms with Gasteiger partial charge in [0.25, 0.3) is 0 Å². The molecule has 106 valence electrons. The van der Waals surface area contributed by atoms with Crippen molar-refractivity contribution < 1.29 is 14.3 Å². The fourth-order valence-electron chi connectivity index (χ4n) is 1.89. The van der Waals surface area contributed by atoms with Crippen LogP contribution in [0.1, 0.15) is 16.3 Å². The van der Waals surface area contributed by atoms with Crippen molar-refractivity contribution in [3.63, 3.8) is 0 Å². The Morgan fingerprint density at radius 1 is 1.40 bits per heavy atom. The number of nitrogens with zero attached hydrogens (tertiary/aromatic N) is 2. The number of hydrogen-bond donors (Lipinski definition) is 1. The van der Waals surface area contributed by atoms with Crippen LogP contribution in [0.5, 0.6) is 5.75 Å². The second-order valence-corrected chi connectivity index (χ2v) is 4.89. The summed E-state index contributed by atoms with van der Waals surface area (Å²) in [6, 6.07) is 5.46. The SMILES string of the molecule is COC(=O)c1nc(C)n(-c2cc(OC)ccc2Br)c1N. The molecule has 0 radical (unpaired) electrons. The van der Waals surface area contributed by atoms with Gasteiger partial charge in [0.15, 0.2) is 5.69 Å². The summed E-state index contributed by atoms with van der Waals surface area (Å²) in [4.78, 5) is 15.8. The lowest BCUT2D eigenvalue weighted by atomic mass is 10.3. The highest BCUT2D eigenvalue weighted by molar-refractivity contribution is 9.10. The number of esters is 1. The van der Waals surface area contributed by atoms with Crippen molar-refractivity contribution in [1.29, 1.82) is 0 Å². The molecule has 20 heavy (non-hydrogen) atoms. The van der Waals surface area contributed by atoms with Crippen molar-refractivity contribution in [3.8, 4) is 11.4 Å². The molecule has 0 saturated heterocycles. The number of carbonyl (C=O) groups is 1. The maximum atomic E-state index is 11.6. The van der Waals surface area contributed by atoms with E-state index in [4.69, 9.17) is 10.5 Å². The van der Waals surface area contributed by atoms with Gasteiger partial charge in [-0.2, -0.15) is 0 Å². The summed E-state index contributed by atoms with van der Waals surface area (Å²) in [6.45, 7) is 1.76. The topological polar surface area (TPSA) is 79.4 Å². The van der Waals surface area contributed by atoms with E-state index >= 15 is 0 Å². The molecule has 0 aliphatic rings. The Bertz CT molecular complexity index is 667. The maximum Gasteiger partial charge on any atom is 0.360 e. The lowest BCUT2D eigenvalue weighted by Crippen LogP contribution is -2.08. The minimum Gasteiger partial charge on any atom is -0.497 e. The summed E-state index contributed by atoms with van der Waals surface area (Å²) < 4.78 is 12.3. The number of rotatable bonds is 3. The highest BCUT2D eigenvalue weighted by Gasteiger charge is 2.21. The van der Waals surface area contributed by atoms with Gasteiger partial charge in [0.2, 0.25) is 0 Å². The summed E-state index contributed by atoms with van der Waals surface area (Å²) in [7, 11) is 2.87. The van der Waals surface area contributed by atoms with Crippen molar-refractivity contribution >= 4 is 27.7 Å². The van der Waals surface area contributed by atoms with Crippen LogP contribution >= 0.6 is 15.9 Å². The highest BCUT2D eigenvalue weighted by Crippen LogP contribution is 2.30. The zero-order valence-corrected chi connectivity index (χ0v) is 12.9. The van der Waals surface area contributed by atoms with E-state index in [-0.39, 0.29) is 11.5 Å². The number of aromatic nitrogens is 2. The van der Waals surface area contributed by atoms with Crippen LogP contribution < -0.4 is 10.5 Å². The first-order valence-electron chi connectivity index (χ1n) is 5.76. The van der Waals surface area contributed by atoms with E-state index in [1.165, 1.54) is 7.11 Å². The molecule has 0 fully saturated rings. The molecule has 1 aromatic carbocycles. The third kappa shape index (κ3) is 2.36. The molecule has 1 aromatic heterocycles. The number of methoxy groups -OCH3 is 2. The van der Waals surface area contributed by atoms with Gasteiger partial charge in [-0.15, -0.1) is 0 Å². The molecule has 1 heterocycles. The number of nitrogens with two attached hydrogens (primary N) is 1. The van der Waals surface area contributed by atoms with Gasteiger partial charge in [0.1, 0.15) is 17.4 Å². The lowest BCUT2D eigenvalue weighted by Gasteiger charge is -2.11. The lowest BCUT2D eigenvalue weighted by molar-refractivity contribution is 0.0596. The first kappa shape index (κ1) is 14.4. The number of hydrogen-bond acceptors (Lipinski definition) is 5. The Morgan fingerprint density at radius 3 is 2.70 bits per heavy atom. The number of aryl methyl sites for hydroxylation is 1. The molecule has 0 saturated carbocycles. The van der Waals surface area contributed by atoms with Crippen molar-refractivity contribution in [2.24, 2.45) is 0 Å². The molecule has 0 aliphatic carbocycles. The molecule has 0 aliphatic heterocycles. The minimum atomic E-state index is -0.566. The molecule has 2 N–H and O–H groups in total. The third-order valence-corrected chi connectivity index (χ3v) is 3.52. The summed E-state index contributed by atoms with van der Waals surface area (Å²) in [5, 5.41) is 0. The number of imidazole rings is 1. The molecule has 6 nitrogen and oxygen atoms in total. The first-order valence-corrected chi connectivity index (χ1v) is 6.56. The Balaban J connectivity index is 2.64. The minimum absolute atomic E-state index is 0.0970. The van der Waals surface area contributed by atoms with Gasteiger partial charge < -0.3 is 15.2 Å². The largest absolute Gasteiger partial charge is 0.497 e. The Kier molecular flexibility index (Phi) is 3.99. The second kappa shape index (κ2) is 5.54. The molecule has 2 aromatic rings. The van der Waals surface area contributed by atoms with Crippen molar-refractivity contribution in [2.75, 3.05) is 20.0 Å². The third-order valence-electron chi connectivity index (χ3n) is 2.85. The summed E-state index contributed by atoms with van der Waals surface area (Å²) >= 11 is 3.45. The van der Waals surface area contributed by atoms with Crippen LogP contribution in [0.25, 0.3) is 5.69 Å². The quantitative estimate of drug-likeness (QED) is 0.868. The van der Waals surface area contributed by atoms with Gasteiger partial charge >= 0.3 is 5.97 Å². The summed E-state index contributed by atoms with van der Waals surface area (Å²) in [5.41, 5.74) is 6.85.